The van der Waals surface area contributed by atoms with Crippen molar-refractivity contribution >= 4 is 23.1 Å². The first-order chi connectivity index (χ1) is 8.63. The van der Waals surface area contributed by atoms with Crippen LogP contribution in [0.5, 0.6) is 0 Å². The minimum atomic E-state index is -4.37. The number of hydrogen-bond acceptors (Lipinski definition) is 3. The van der Waals surface area contributed by atoms with Crippen molar-refractivity contribution < 1.29 is 22.7 Å². The highest BCUT2D eigenvalue weighted by molar-refractivity contribution is 7.80. The molecule has 0 rings (SSSR count). The van der Waals surface area contributed by atoms with Gasteiger partial charge in [-0.1, -0.05) is 12.2 Å². The van der Waals surface area contributed by atoms with E-state index in [1.54, 1.807) is 0 Å². The number of halogens is 3. The van der Waals surface area contributed by atoms with Crippen LogP contribution in [0.4, 0.5) is 13.2 Å². The molecule has 0 saturated carbocycles. The third kappa shape index (κ3) is 9.66. The highest BCUT2D eigenvalue weighted by atomic mass is 32.1. The Hall–Kier alpha value is -0.890. The number of rotatable bonds is 8. The van der Waals surface area contributed by atoms with E-state index in [1.165, 1.54) is 4.90 Å². The van der Waals surface area contributed by atoms with Crippen LogP contribution in [0.25, 0.3) is 0 Å². The molecule has 0 fully saturated rings. The monoisotopic (exact) mass is 300 g/mol. The van der Waals surface area contributed by atoms with Crippen LogP contribution in [0, 0.1) is 0 Å². The first-order valence-electron chi connectivity index (χ1n) is 5.85. The van der Waals surface area contributed by atoms with Gasteiger partial charge in [0.1, 0.15) is 6.61 Å². The quantitative estimate of drug-likeness (QED) is 0.549. The smallest absolute Gasteiger partial charge is 0.393 e. The number of amides is 1. The van der Waals surface area contributed by atoms with E-state index in [4.69, 9.17) is 18.0 Å². The molecular weight excluding hydrogens is 281 g/mol. The molecule has 0 heterocycles. The summed E-state index contributed by atoms with van der Waals surface area (Å²) >= 11 is 4.72. The summed E-state index contributed by atoms with van der Waals surface area (Å²) in [6.07, 6.45) is -4.07. The van der Waals surface area contributed by atoms with E-state index in [9.17, 15) is 18.0 Å². The SMILES string of the molecule is CC(C)N(CCC(N)=S)C(=O)CCOCC(F)(F)F. The molecule has 0 atom stereocenters. The molecule has 0 saturated heterocycles. The van der Waals surface area contributed by atoms with Crippen LogP contribution in [-0.2, 0) is 9.53 Å². The van der Waals surface area contributed by atoms with E-state index in [0.29, 0.717) is 18.0 Å². The maximum Gasteiger partial charge on any atom is 0.411 e. The van der Waals surface area contributed by atoms with Crippen LogP contribution >= 0.6 is 12.2 Å². The number of ether oxygens (including phenoxy) is 1. The lowest BCUT2D eigenvalue weighted by atomic mass is 10.2. The summed E-state index contributed by atoms with van der Waals surface area (Å²) in [5.41, 5.74) is 5.35. The molecule has 19 heavy (non-hydrogen) atoms. The molecule has 8 heteroatoms. The van der Waals surface area contributed by atoms with Crippen LogP contribution < -0.4 is 5.73 Å². The zero-order valence-electron chi connectivity index (χ0n) is 11.0. The topological polar surface area (TPSA) is 55.6 Å². The Balaban J connectivity index is 4.08. The zero-order valence-corrected chi connectivity index (χ0v) is 11.8. The van der Waals surface area contributed by atoms with Gasteiger partial charge in [0.05, 0.1) is 18.0 Å². The second-order valence-electron chi connectivity index (χ2n) is 4.31. The van der Waals surface area contributed by atoms with Crippen molar-refractivity contribution in [1.82, 2.24) is 4.90 Å². The molecule has 1 amide bonds. The van der Waals surface area contributed by atoms with Crippen molar-refractivity contribution in [2.75, 3.05) is 19.8 Å². The molecule has 0 spiro atoms. The summed E-state index contributed by atoms with van der Waals surface area (Å²) in [5, 5.41) is 0. The van der Waals surface area contributed by atoms with Gasteiger partial charge in [0.2, 0.25) is 5.91 Å². The number of nitrogens with zero attached hydrogens (tertiary/aromatic N) is 1. The van der Waals surface area contributed by atoms with E-state index < -0.39 is 12.8 Å². The minimum Gasteiger partial charge on any atom is -0.393 e. The fourth-order valence-electron chi connectivity index (χ4n) is 1.39. The molecular formula is C11H19F3N2O2S. The Morgan fingerprint density at radius 2 is 1.95 bits per heavy atom. The molecule has 0 aliphatic rings. The van der Waals surface area contributed by atoms with E-state index in [2.05, 4.69) is 4.74 Å². The van der Waals surface area contributed by atoms with E-state index >= 15 is 0 Å². The lowest BCUT2D eigenvalue weighted by molar-refractivity contribution is -0.175. The van der Waals surface area contributed by atoms with Crippen LogP contribution in [0.2, 0.25) is 0 Å². The van der Waals surface area contributed by atoms with Crippen molar-refractivity contribution in [1.29, 1.82) is 0 Å². The molecule has 0 bridgehead atoms. The molecule has 0 aromatic rings. The number of thiocarbonyl (C=S) groups is 1. The highest BCUT2D eigenvalue weighted by Gasteiger charge is 2.27. The Morgan fingerprint density at radius 3 is 2.37 bits per heavy atom. The Labute approximate surface area is 116 Å². The minimum absolute atomic E-state index is 0.0653. The maximum atomic E-state index is 11.8. The molecule has 2 N–H and O–H groups in total. The lowest BCUT2D eigenvalue weighted by Gasteiger charge is -2.26. The highest BCUT2D eigenvalue weighted by Crippen LogP contribution is 2.14. The molecule has 0 aliphatic carbocycles. The maximum absolute atomic E-state index is 11.8. The Morgan fingerprint density at radius 1 is 1.37 bits per heavy atom. The zero-order chi connectivity index (χ0) is 15.1. The van der Waals surface area contributed by atoms with Gasteiger partial charge in [0, 0.05) is 19.0 Å². The van der Waals surface area contributed by atoms with E-state index in [1.807, 2.05) is 13.8 Å². The van der Waals surface area contributed by atoms with Crippen molar-refractivity contribution in [2.24, 2.45) is 5.73 Å². The third-order valence-corrected chi connectivity index (χ3v) is 2.47. The standard InChI is InChI=1S/C11H19F3N2O2S/c1-8(2)16(5-3-9(15)19)10(17)4-6-18-7-11(12,13)14/h8H,3-7H2,1-2H3,(H2,15,19). The normalized spacial score (nSPS) is 11.7. The summed E-state index contributed by atoms with van der Waals surface area (Å²) in [4.78, 5) is 13.6. The predicted octanol–water partition coefficient (Wildman–Crippen LogP) is 1.87. The Kier molecular flexibility index (Phi) is 7.93. The van der Waals surface area contributed by atoms with Gasteiger partial charge in [-0.3, -0.25) is 4.79 Å². The lowest BCUT2D eigenvalue weighted by Crippen LogP contribution is -2.39. The van der Waals surface area contributed by atoms with Gasteiger partial charge in [-0.05, 0) is 13.8 Å². The van der Waals surface area contributed by atoms with Crippen molar-refractivity contribution in [2.45, 2.75) is 38.9 Å². The fourth-order valence-corrected chi connectivity index (χ4v) is 1.48. The molecule has 0 aromatic carbocycles. The molecule has 0 unspecified atom stereocenters. The fraction of sp³-hybridized carbons (Fsp3) is 0.818. The molecule has 0 aliphatic heterocycles. The summed E-state index contributed by atoms with van der Waals surface area (Å²) in [6.45, 7) is 2.40. The summed E-state index contributed by atoms with van der Waals surface area (Å²) in [5.74, 6) is -0.270. The van der Waals surface area contributed by atoms with Gasteiger partial charge in [-0.2, -0.15) is 13.2 Å². The first kappa shape index (κ1) is 18.1. The molecule has 0 radical (unpaired) electrons. The van der Waals surface area contributed by atoms with E-state index in [-0.39, 0.29) is 25.0 Å². The van der Waals surface area contributed by atoms with Crippen LogP contribution in [0.3, 0.4) is 0 Å². The number of alkyl halides is 3. The number of hydrogen-bond donors (Lipinski definition) is 1. The van der Waals surface area contributed by atoms with Crippen molar-refractivity contribution in [3.8, 4) is 0 Å². The van der Waals surface area contributed by atoms with Crippen molar-refractivity contribution in [3.05, 3.63) is 0 Å². The second kappa shape index (κ2) is 8.31. The largest absolute Gasteiger partial charge is 0.411 e. The number of carbonyl (C=O) groups excluding carboxylic acids is 1. The number of carbonyl (C=O) groups is 1. The molecule has 112 valence electrons. The van der Waals surface area contributed by atoms with Gasteiger partial charge in [0.25, 0.3) is 0 Å². The third-order valence-electron chi connectivity index (χ3n) is 2.27. The summed E-state index contributed by atoms with van der Waals surface area (Å²) < 4.78 is 39.9. The predicted molar refractivity (Wildman–Crippen MR) is 69.7 cm³/mol. The average molecular weight is 300 g/mol. The van der Waals surface area contributed by atoms with Gasteiger partial charge < -0.3 is 15.4 Å². The van der Waals surface area contributed by atoms with Crippen LogP contribution in [0.1, 0.15) is 26.7 Å². The second-order valence-corrected chi connectivity index (χ2v) is 4.84. The summed E-state index contributed by atoms with van der Waals surface area (Å²) in [7, 11) is 0. The molecule has 0 aromatic heterocycles. The van der Waals surface area contributed by atoms with Gasteiger partial charge in [-0.15, -0.1) is 0 Å². The first-order valence-corrected chi connectivity index (χ1v) is 6.26. The number of nitrogens with two attached hydrogens (primary N) is 1. The van der Waals surface area contributed by atoms with E-state index in [0.717, 1.165) is 0 Å². The van der Waals surface area contributed by atoms with Gasteiger partial charge in [-0.25, -0.2) is 0 Å². The Bertz CT molecular complexity index is 309. The van der Waals surface area contributed by atoms with Gasteiger partial charge >= 0.3 is 6.18 Å². The molecule has 4 nitrogen and oxygen atoms in total. The average Bonchev–Trinajstić information content (AvgIpc) is 2.22. The van der Waals surface area contributed by atoms with Gasteiger partial charge in [0.15, 0.2) is 0 Å². The van der Waals surface area contributed by atoms with Crippen LogP contribution in [0.15, 0.2) is 0 Å². The van der Waals surface area contributed by atoms with Crippen molar-refractivity contribution in [3.63, 3.8) is 0 Å². The summed E-state index contributed by atoms with van der Waals surface area (Å²) in [6, 6.07) is -0.0653. The van der Waals surface area contributed by atoms with Crippen LogP contribution in [-0.4, -0.2) is 47.8 Å².